The molecule has 0 aromatic heterocycles. The van der Waals surface area contributed by atoms with Crippen LogP contribution in [-0.4, -0.2) is 32.1 Å². The summed E-state index contributed by atoms with van der Waals surface area (Å²) in [6.45, 7) is 3.58. The van der Waals surface area contributed by atoms with Crippen LogP contribution in [0.3, 0.4) is 0 Å². The molecule has 1 aromatic carbocycles. The van der Waals surface area contributed by atoms with Crippen LogP contribution in [0.25, 0.3) is 0 Å². The first-order chi connectivity index (χ1) is 8.89. The predicted molar refractivity (Wildman–Crippen MR) is 76.3 cm³/mol. The highest BCUT2D eigenvalue weighted by Crippen LogP contribution is 2.29. The van der Waals surface area contributed by atoms with Gasteiger partial charge >= 0.3 is 0 Å². The SMILES string of the molecule is CCS(=O)(=O)CCCC(O)c1ccc(C)cc1OC. The first kappa shape index (κ1) is 16.0. The second kappa shape index (κ2) is 6.91. The summed E-state index contributed by atoms with van der Waals surface area (Å²) in [5.74, 6) is 0.914. The van der Waals surface area contributed by atoms with Crippen molar-refractivity contribution in [1.82, 2.24) is 0 Å². The average molecular weight is 286 g/mol. The molecule has 1 rings (SSSR count). The van der Waals surface area contributed by atoms with Gasteiger partial charge in [0.25, 0.3) is 0 Å². The zero-order chi connectivity index (χ0) is 14.5. The fourth-order valence-electron chi connectivity index (χ4n) is 1.89. The molecular weight excluding hydrogens is 264 g/mol. The fourth-order valence-corrected chi connectivity index (χ4v) is 2.79. The molecule has 0 fully saturated rings. The molecule has 4 nitrogen and oxygen atoms in total. The molecule has 0 aliphatic heterocycles. The van der Waals surface area contributed by atoms with Crippen LogP contribution in [0.1, 0.15) is 37.0 Å². The molecular formula is C14H22O4S. The smallest absolute Gasteiger partial charge is 0.150 e. The quantitative estimate of drug-likeness (QED) is 0.835. The Labute approximate surface area is 115 Å². The van der Waals surface area contributed by atoms with E-state index in [-0.39, 0.29) is 11.5 Å². The van der Waals surface area contributed by atoms with E-state index in [2.05, 4.69) is 0 Å². The first-order valence-electron chi connectivity index (χ1n) is 6.42. The number of rotatable bonds is 7. The fraction of sp³-hybridized carbons (Fsp3) is 0.571. The Morgan fingerprint density at radius 3 is 2.63 bits per heavy atom. The van der Waals surface area contributed by atoms with Crippen molar-refractivity contribution in [2.45, 2.75) is 32.8 Å². The van der Waals surface area contributed by atoms with Crippen LogP contribution < -0.4 is 4.74 Å². The van der Waals surface area contributed by atoms with E-state index in [1.54, 1.807) is 14.0 Å². The summed E-state index contributed by atoms with van der Waals surface area (Å²) in [6, 6.07) is 5.60. The van der Waals surface area contributed by atoms with Gasteiger partial charge in [0.15, 0.2) is 0 Å². The first-order valence-corrected chi connectivity index (χ1v) is 8.24. The normalized spacial score (nSPS) is 13.3. The molecule has 1 atom stereocenters. The number of aryl methyl sites for hydroxylation is 1. The Balaban J connectivity index is 2.66. The van der Waals surface area contributed by atoms with E-state index in [9.17, 15) is 13.5 Å². The number of methoxy groups -OCH3 is 1. The number of sulfone groups is 1. The summed E-state index contributed by atoms with van der Waals surface area (Å²) >= 11 is 0. The lowest BCUT2D eigenvalue weighted by molar-refractivity contribution is 0.162. The summed E-state index contributed by atoms with van der Waals surface area (Å²) in [4.78, 5) is 0. The van der Waals surface area contributed by atoms with E-state index in [0.717, 1.165) is 5.56 Å². The van der Waals surface area contributed by atoms with Crippen LogP contribution in [0.2, 0.25) is 0 Å². The van der Waals surface area contributed by atoms with Crippen LogP contribution >= 0.6 is 0 Å². The lowest BCUT2D eigenvalue weighted by atomic mass is 10.0. The van der Waals surface area contributed by atoms with Crippen LogP contribution in [0.5, 0.6) is 5.75 Å². The molecule has 1 N–H and O–H groups in total. The number of ether oxygens (including phenoxy) is 1. The molecule has 0 saturated carbocycles. The van der Waals surface area contributed by atoms with Crippen LogP contribution in [0.4, 0.5) is 0 Å². The third-order valence-corrected chi connectivity index (χ3v) is 4.91. The minimum atomic E-state index is -2.96. The summed E-state index contributed by atoms with van der Waals surface area (Å²) in [5, 5.41) is 10.1. The Hall–Kier alpha value is -1.07. The molecule has 108 valence electrons. The van der Waals surface area contributed by atoms with E-state index in [4.69, 9.17) is 4.74 Å². The molecule has 0 aliphatic carbocycles. The standard InChI is InChI=1S/C14H22O4S/c1-4-19(16,17)9-5-6-13(15)12-8-7-11(2)10-14(12)18-3/h7-8,10,13,15H,4-6,9H2,1-3H3. The van der Waals surface area contributed by atoms with Crippen molar-refractivity contribution in [2.24, 2.45) is 0 Å². The summed E-state index contributed by atoms with van der Waals surface area (Å²) in [7, 11) is -1.40. The average Bonchev–Trinajstić information content (AvgIpc) is 2.38. The Bertz CT molecular complexity index is 508. The molecule has 0 spiro atoms. The van der Waals surface area contributed by atoms with Gasteiger partial charge in [-0.05, 0) is 31.4 Å². The summed E-state index contributed by atoms with van der Waals surface area (Å²) in [5.41, 5.74) is 1.77. The number of benzene rings is 1. The van der Waals surface area contributed by atoms with Gasteiger partial charge in [-0.25, -0.2) is 8.42 Å². The minimum absolute atomic E-state index is 0.120. The van der Waals surface area contributed by atoms with Crippen LogP contribution in [0.15, 0.2) is 18.2 Å². The molecule has 19 heavy (non-hydrogen) atoms. The van der Waals surface area contributed by atoms with E-state index < -0.39 is 15.9 Å². The molecule has 0 heterocycles. The summed E-state index contributed by atoms with van der Waals surface area (Å²) < 4.78 is 28.0. The second-order valence-electron chi connectivity index (χ2n) is 4.64. The maximum Gasteiger partial charge on any atom is 0.150 e. The van der Waals surface area contributed by atoms with Crippen LogP contribution in [-0.2, 0) is 9.84 Å². The zero-order valence-electron chi connectivity index (χ0n) is 11.7. The van der Waals surface area contributed by atoms with Crippen molar-refractivity contribution >= 4 is 9.84 Å². The molecule has 1 aromatic rings. The second-order valence-corrected chi connectivity index (χ2v) is 7.11. The predicted octanol–water partition coefficient (Wildman–Crippen LogP) is 2.25. The highest BCUT2D eigenvalue weighted by Gasteiger charge is 2.15. The summed E-state index contributed by atoms with van der Waals surface area (Å²) in [6.07, 6.45) is 0.176. The molecule has 0 amide bonds. The van der Waals surface area contributed by atoms with Gasteiger partial charge < -0.3 is 9.84 Å². The van der Waals surface area contributed by atoms with Gasteiger partial charge in [0, 0.05) is 11.3 Å². The topological polar surface area (TPSA) is 63.6 Å². The maximum absolute atomic E-state index is 11.4. The molecule has 0 radical (unpaired) electrons. The largest absolute Gasteiger partial charge is 0.496 e. The van der Waals surface area contributed by atoms with E-state index >= 15 is 0 Å². The Kier molecular flexibility index (Phi) is 5.82. The van der Waals surface area contributed by atoms with Gasteiger partial charge in [-0.1, -0.05) is 19.1 Å². The van der Waals surface area contributed by atoms with Gasteiger partial charge in [0.2, 0.25) is 0 Å². The zero-order valence-corrected chi connectivity index (χ0v) is 12.5. The van der Waals surface area contributed by atoms with Gasteiger partial charge in [-0.15, -0.1) is 0 Å². The number of aliphatic hydroxyl groups is 1. The third-order valence-electron chi connectivity index (χ3n) is 3.12. The monoisotopic (exact) mass is 286 g/mol. The van der Waals surface area contributed by atoms with Crippen LogP contribution in [0, 0.1) is 6.92 Å². The van der Waals surface area contributed by atoms with Crippen molar-refractivity contribution in [2.75, 3.05) is 18.6 Å². The molecule has 1 unspecified atom stereocenters. The minimum Gasteiger partial charge on any atom is -0.496 e. The highest BCUT2D eigenvalue weighted by atomic mass is 32.2. The van der Waals surface area contributed by atoms with Gasteiger partial charge in [-0.2, -0.15) is 0 Å². The molecule has 0 aliphatic rings. The Morgan fingerprint density at radius 2 is 2.05 bits per heavy atom. The van der Waals surface area contributed by atoms with Crippen molar-refractivity contribution in [3.05, 3.63) is 29.3 Å². The van der Waals surface area contributed by atoms with Gasteiger partial charge in [0.05, 0.1) is 19.0 Å². The van der Waals surface area contributed by atoms with E-state index in [0.29, 0.717) is 24.2 Å². The van der Waals surface area contributed by atoms with E-state index in [1.165, 1.54) is 0 Å². The lowest BCUT2D eigenvalue weighted by Gasteiger charge is -2.15. The third kappa shape index (κ3) is 4.84. The molecule has 0 saturated heterocycles. The van der Waals surface area contributed by atoms with Crippen molar-refractivity contribution in [3.8, 4) is 5.75 Å². The van der Waals surface area contributed by atoms with Gasteiger partial charge in [0.1, 0.15) is 15.6 Å². The van der Waals surface area contributed by atoms with E-state index in [1.807, 2.05) is 25.1 Å². The highest BCUT2D eigenvalue weighted by molar-refractivity contribution is 7.91. The van der Waals surface area contributed by atoms with Crippen molar-refractivity contribution < 1.29 is 18.3 Å². The van der Waals surface area contributed by atoms with Crippen molar-refractivity contribution in [1.29, 1.82) is 0 Å². The number of aliphatic hydroxyl groups excluding tert-OH is 1. The lowest BCUT2D eigenvalue weighted by Crippen LogP contribution is -2.10. The molecule has 0 bridgehead atoms. The van der Waals surface area contributed by atoms with Gasteiger partial charge in [-0.3, -0.25) is 0 Å². The van der Waals surface area contributed by atoms with Crippen molar-refractivity contribution in [3.63, 3.8) is 0 Å². The maximum atomic E-state index is 11.4. The number of hydrogen-bond donors (Lipinski definition) is 1. The Morgan fingerprint density at radius 1 is 1.37 bits per heavy atom. The molecule has 5 heteroatoms. The number of hydrogen-bond acceptors (Lipinski definition) is 4.